The van der Waals surface area contributed by atoms with Crippen molar-refractivity contribution in [2.24, 2.45) is 0 Å². The molecule has 0 aliphatic carbocycles. The van der Waals surface area contributed by atoms with Crippen LogP contribution in [0.25, 0.3) is 16.6 Å². The second kappa shape index (κ2) is 7.17. The van der Waals surface area contributed by atoms with Crippen molar-refractivity contribution in [2.75, 3.05) is 11.8 Å². The van der Waals surface area contributed by atoms with Crippen molar-refractivity contribution in [1.29, 1.82) is 0 Å². The molecule has 29 heavy (non-hydrogen) atoms. The predicted molar refractivity (Wildman–Crippen MR) is 105 cm³/mol. The van der Waals surface area contributed by atoms with Gasteiger partial charge in [0.15, 0.2) is 5.82 Å². The highest BCUT2D eigenvalue weighted by Crippen LogP contribution is 2.25. The van der Waals surface area contributed by atoms with Crippen molar-refractivity contribution in [2.45, 2.75) is 4.90 Å². The van der Waals surface area contributed by atoms with Crippen molar-refractivity contribution in [1.82, 2.24) is 9.78 Å². The van der Waals surface area contributed by atoms with Gasteiger partial charge in [0.05, 0.1) is 23.7 Å². The number of fused-ring (bicyclic) bond motifs is 1. The van der Waals surface area contributed by atoms with Crippen molar-refractivity contribution in [3.05, 3.63) is 78.5 Å². The van der Waals surface area contributed by atoms with Crippen LogP contribution in [0, 0.1) is 11.6 Å². The van der Waals surface area contributed by atoms with Crippen molar-refractivity contribution >= 4 is 26.6 Å². The molecule has 6 nitrogen and oxygen atoms in total. The zero-order valence-corrected chi connectivity index (χ0v) is 16.0. The Labute approximate surface area is 165 Å². The highest BCUT2D eigenvalue weighted by molar-refractivity contribution is 7.92. The quantitative estimate of drug-likeness (QED) is 0.532. The number of sulfonamides is 1. The van der Waals surface area contributed by atoms with Crippen LogP contribution in [0.2, 0.25) is 0 Å². The maximum Gasteiger partial charge on any atom is 0.261 e. The average molecular weight is 415 g/mol. The standard InChI is InChI=1S/C20H15F2N3O3S/c1-28-16-4-6-17(7-5-16)29(26,27)24-15-3-9-19-13(10-15)12-23-25(19)20-8-2-14(21)11-18(20)22/h2-12,24H,1H3. The number of nitrogens with one attached hydrogen (secondary N) is 1. The van der Waals surface area contributed by atoms with Crippen LogP contribution in [0.4, 0.5) is 14.5 Å². The molecular formula is C20H15F2N3O3S. The second-order valence-corrected chi connectivity index (χ2v) is 7.89. The Balaban J connectivity index is 1.66. The lowest BCUT2D eigenvalue weighted by atomic mass is 10.2. The largest absolute Gasteiger partial charge is 0.497 e. The molecule has 0 aliphatic rings. The van der Waals surface area contributed by atoms with E-state index in [0.717, 1.165) is 12.1 Å². The van der Waals surface area contributed by atoms with Gasteiger partial charge < -0.3 is 4.74 Å². The number of methoxy groups -OCH3 is 1. The van der Waals surface area contributed by atoms with Gasteiger partial charge in [0.1, 0.15) is 17.3 Å². The fourth-order valence-electron chi connectivity index (χ4n) is 2.91. The Morgan fingerprint density at radius 3 is 2.45 bits per heavy atom. The molecule has 0 spiro atoms. The number of aromatic nitrogens is 2. The molecule has 0 saturated heterocycles. The van der Waals surface area contributed by atoms with Gasteiger partial charge in [0, 0.05) is 17.1 Å². The zero-order valence-electron chi connectivity index (χ0n) is 15.1. The Hall–Kier alpha value is -3.46. The maximum atomic E-state index is 14.1. The zero-order chi connectivity index (χ0) is 20.6. The number of hydrogen-bond donors (Lipinski definition) is 1. The number of rotatable bonds is 5. The van der Waals surface area contributed by atoms with Gasteiger partial charge in [-0.1, -0.05) is 0 Å². The van der Waals surface area contributed by atoms with Gasteiger partial charge in [-0.3, -0.25) is 4.72 Å². The molecule has 0 amide bonds. The Morgan fingerprint density at radius 1 is 1.00 bits per heavy atom. The third-order valence-electron chi connectivity index (χ3n) is 4.33. The molecule has 0 aliphatic heterocycles. The van der Waals surface area contributed by atoms with Crippen LogP contribution in [0.15, 0.2) is 71.8 Å². The third kappa shape index (κ3) is 3.64. The number of hydrogen-bond acceptors (Lipinski definition) is 4. The molecule has 0 saturated carbocycles. The van der Waals surface area contributed by atoms with Gasteiger partial charge in [-0.15, -0.1) is 0 Å². The van der Waals surface area contributed by atoms with Crippen molar-refractivity contribution < 1.29 is 21.9 Å². The van der Waals surface area contributed by atoms with Crippen LogP contribution < -0.4 is 9.46 Å². The van der Waals surface area contributed by atoms with E-state index in [9.17, 15) is 17.2 Å². The highest BCUT2D eigenvalue weighted by Gasteiger charge is 2.16. The monoisotopic (exact) mass is 415 g/mol. The van der Waals surface area contributed by atoms with E-state index < -0.39 is 21.7 Å². The van der Waals surface area contributed by atoms with Crippen molar-refractivity contribution in [3.63, 3.8) is 0 Å². The molecule has 3 aromatic carbocycles. The van der Waals surface area contributed by atoms with Gasteiger partial charge in [-0.25, -0.2) is 21.9 Å². The van der Waals surface area contributed by atoms with E-state index in [-0.39, 0.29) is 10.6 Å². The van der Waals surface area contributed by atoms with E-state index in [1.54, 1.807) is 30.3 Å². The van der Waals surface area contributed by atoms with Gasteiger partial charge >= 0.3 is 0 Å². The molecular weight excluding hydrogens is 400 g/mol. The smallest absolute Gasteiger partial charge is 0.261 e. The molecule has 1 N–H and O–H groups in total. The van der Waals surface area contributed by atoms with Crippen molar-refractivity contribution in [3.8, 4) is 11.4 Å². The summed E-state index contributed by atoms with van der Waals surface area (Å²) < 4.78 is 61.3. The minimum atomic E-state index is -3.80. The number of anilines is 1. The molecule has 4 aromatic rings. The van der Waals surface area contributed by atoms with Crippen LogP contribution in [-0.4, -0.2) is 25.3 Å². The van der Waals surface area contributed by atoms with Gasteiger partial charge in [-0.05, 0) is 54.6 Å². The van der Waals surface area contributed by atoms with E-state index >= 15 is 0 Å². The van der Waals surface area contributed by atoms with Crippen LogP contribution in [0.5, 0.6) is 5.75 Å². The summed E-state index contributed by atoms with van der Waals surface area (Å²) in [5.74, 6) is -0.886. The number of halogens is 2. The summed E-state index contributed by atoms with van der Waals surface area (Å²) in [5.41, 5.74) is 0.961. The highest BCUT2D eigenvalue weighted by atomic mass is 32.2. The van der Waals surface area contributed by atoms with E-state index in [1.807, 2.05) is 0 Å². The lowest BCUT2D eigenvalue weighted by Gasteiger charge is -2.09. The summed E-state index contributed by atoms with van der Waals surface area (Å²) in [6.45, 7) is 0. The summed E-state index contributed by atoms with van der Waals surface area (Å²) in [4.78, 5) is 0.0856. The summed E-state index contributed by atoms with van der Waals surface area (Å²) in [6.07, 6.45) is 1.48. The molecule has 1 aromatic heterocycles. The lowest BCUT2D eigenvalue weighted by molar-refractivity contribution is 0.414. The topological polar surface area (TPSA) is 73.2 Å². The molecule has 148 valence electrons. The van der Waals surface area contributed by atoms with Gasteiger partial charge in [0.25, 0.3) is 10.0 Å². The second-order valence-electron chi connectivity index (χ2n) is 6.21. The van der Waals surface area contributed by atoms with Crippen LogP contribution in [0.3, 0.4) is 0 Å². The molecule has 9 heteroatoms. The molecule has 0 bridgehead atoms. The predicted octanol–water partition coefficient (Wildman–Crippen LogP) is 4.11. The first-order chi connectivity index (χ1) is 13.9. The lowest BCUT2D eigenvalue weighted by Crippen LogP contribution is -2.12. The van der Waals surface area contributed by atoms with Gasteiger partial charge in [-0.2, -0.15) is 5.10 Å². The first-order valence-electron chi connectivity index (χ1n) is 8.47. The third-order valence-corrected chi connectivity index (χ3v) is 5.73. The number of nitrogens with zero attached hydrogens (tertiary/aromatic N) is 2. The summed E-state index contributed by atoms with van der Waals surface area (Å²) in [7, 11) is -2.30. The summed E-state index contributed by atoms with van der Waals surface area (Å²) in [6, 6.07) is 13.9. The fourth-order valence-corrected chi connectivity index (χ4v) is 3.96. The molecule has 0 atom stereocenters. The first-order valence-corrected chi connectivity index (χ1v) is 9.96. The normalized spacial score (nSPS) is 11.6. The molecule has 1 heterocycles. The number of ether oxygens (including phenoxy) is 1. The SMILES string of the molecule is COc1ccc(S(=O)(=O)Nc2ccc3c(cnn3-c3ccc(F)cc3F)c2)cc1. The van der Waals surface area contributed by atoms with E-state index in [4.69, 9.17) is 4.74 Å². The average Bonchev–Trinajstić information content (AvgIpc) is 3.11. The Bertz CT molecular complexity index is 1300. The van der Waals surface area contributed by atoms with E-state index in [2.05, 4.69) is 9.82 Å². The Kier molecular flexibility index (Phi) is 4.67. The molecule has 0 fully saturated rings. The molecule has 0 unspecified atom stereocenters. The van der Waals surface area contributed by atoms with Crippen LogP contribution in [0.1, 0.15) is 0 Å². The fraction of sp³-hybridized carbons (Fsp3) is 0.0500. The van der Waals surface area contributed by atoms with Crippen LogP contribution in [-0.2, 0) is 10.0 Å². The molecule has 4 rings (SSSR count). The van der Waals surface area contributed by atoms with Gasteiger partial charge in [0.2, 0.25) is 0 Å². The minimum Gasteiger partial charge on any atom is -0.497 e. The summed E-state index contributed by atoms with van der Waals surface area (Å²) in [5, 5.41) is 4.72. The van der Waals surface area contributed by atoms with E-state index in [0.29, 0.717) is 22.3 Å². The minimum absolute atomic E-state index is 0.0856. The van der Waals surface area contributed by atoms with Crippen LogP contribution >= 0.6 is 0 Å². The van der Waals surface area contributed by atoms with E-state index in [1.165, 1.54) is 36.2 Å². The first kappa shape index (κ1) is 18.9. The Morgan fingerprint density at radius 2 is 1.76 bits per heavy atom. The number of benzene rings is 3. The maximum absolute atomic E-state index is 14.1. The molecule has 0 radical (unpaired) electrons. The summed E-state index contributed by atoms with van der Waals surface area (Å²) >= 11 is 0.